The van der Waals surface area contributed by atoms with Gasteiger partial charge in [-0.15, -0.1) is 0 Å². The van der Waals surface area contributed by atoms with Crippen molar-refractivity contribution in [3.05, 3.63) is 71.9 Å². The molecule has 1 heterocycles. The van der Waals surface area contributed by atoms with E-state index in [4.69, 9.17) is 5.73 Å². The maximum Gasteiger partial charge on any atom is 0.234 e. The number of aromatic amines is 1. The van der Waals surface area contributed by atoms with E-state index >= 15 is 0 Å². The van der Waals surface area contributed by atoms with Gasteiger partial charge in [-0.05, 0) is 24.1 Å². The first kappa shape index (κ1) is 15.3. The van der Waals surface area contributed by atoms with Crippen LogP contribution < -0.4 is 11.1 Å². The van der Waals surface area contributed by atoms with Crippen molar-refractivity contribution in [1.29, 1.82) is 0 Å². The van der Waals surface area contributed by atoms with Crippen LogP contribution in [0.5, 0.6) is 0 Å². The first-order chi connectivity index (χ1) is 11.2. The monoisotopic (exact) mass is 307 g/mol. The van der Waals surface area contributed by atoms with Crippen LogP contribution in [0.15, 0.2) is 60.8 Å². The zero-order chi connectivity index (χ0) is 16.2. The number of hydrogen-bond acceptors (Lipinski definition) is 2. The molecule has 0 radical (unpaired) electrons. The van der Waals surface area contributed by atoms with Gasteiger partial charge < -0.3 is 16.0 Å². The fourth-order valence-corrected chi connectivity index (χ4v) is 2.87. The molecule has 4 N–H and O–H groups in total. The number of aromatic nitrogens is 1. The maximum absolute atomic E-state index is 11.3. The number of carbonyl (C=O) groups is 1. The van der Waals surface area contributed by atoms with E-state index in [1.165, 1.54) is 16.5 Å². The van der Waals surface area contributed by atoms with Crippen LogP contribution in [-0.4, -0.2) is 23.5 Å². The van der Waals surface area contributed by atoms with Gasteiger partial charge in [-0.3, -0.25) is 4.79 Å². The van der Waals surface area contributed by atoms with Crippen molar-refractivity contribution in [2.45, 2.75) is 18.9 Å². The second kappa shape index (κ2) is 6.67. The quantitative estimate of drug-likeness (QED) is 0.655. The lowest BCUT2D eigenvalue weighted by Gasteiger charge is -2.20. The summed E-state index contributed by atoms with van der Waals surface area (Å²) in [6, 6.07) is 18.2. The van der Waals surface area contributed by atoms with Gasteiger partial charge in [0.15, 0.2) is 0 Å². The number of hydrogen-bond donors (Lipinski definition) is 3. The molecule has 118 valence electrons. The summed E-state index contributed by atoms with van der Waals surface area (Å²) in [5.74, 6) is -0.190. The number of H-pyrrole nitrogens is 1. The molecule has 0 spiro atoms. The Morgan fingerprint density at radius 2 is 1.83 bits per heavy atom. The molecular weight excluding hydrogens is 286 g/mol. The number of benzene rings is 2. The molecule has 1 aromatic heterocycles. The third-order valence-corrected chi connectivity index (χ3v) is 4.25. The van der Waals surface area contributed by atoms with Crippen LogP contribution in [0.1, 0.15) is 24.0 Å². The van der Waals surface area contributed by atoms with Gasteiger partial charge in [-0.2, -0.15) is 0 Å². The molecule has 0 aliphatic carbocycles. The molecule has 23 heavy (non-hydrogen) atoms. The number of rotatable bonds is 6. The SMILES string of the molecule is C[C@H](NC[C@H](c1ccccc1)c1c[nH]c2ccccc12)C(N)=O. The molecule has 0 aliphatic heterocycles. The highest BCUT2D eigenvalue weighted by Gasteiger charge is 2.19. The van der Waals surface area contributed by atoms with Crippen molar-refractivity contribution in [3.63, 3.8) is 0 Å². The van der Waals surface area contributed by atoms with E-state index in [0.717, 1.165) is 5.52 Å². The molecule has 4 heteroatoms. The third-order valence-electron chi connectivity index (χ3n) is 4.25. The predicted octanol–water partition coefficient (Wildman–Crippen LogP) is 2.76. The Balaban J connectivity index is 1.96. The molecule has 1 amide bonds. The molecule has 0 aliphatic rings. The van der Waals surface area contributed by atoms with Crippen LogP contribution >= 0.6 is 0 Å². The zero-order valence-corrected chi connectivity index (χ0v) is 13.1. The molecule has 0 saturated carbocycles. The molecule has 3 aromatic rings. The van der Waals surface area contributed by atoms with Gasteiger partial charge in [0.2, 0.25) is 5.91 Å². The molecule has 0 bridgehead atoms. The lowest BCUT2D eigenvalue weighted by molar-refractivity contribution is -0.119. The molecule has 3 rings (SSSR count). The summed E-state index contributed by atoms with van der Waals surface area (Å²) in [7, 11) is 0. The molecular formula is C19H21N3O. The van der Waals surface area contributed by atoms with Crippen molar-refractivity contribution in [2.24, 2.45) is 5.73 Å². The fraction of sp³-hybridized carbons (Fsp3) is 0.211. The number of para-hydroxylation sites is 1. The summed E-state index contributed by atoms with van der Waals surface area (Å²) < 4.78 is 0. The van der Waals surface area contributed by atoms with Gasteiger partial charge in [-0.25, -0.2) is 0 Å². The van der Waals surface area contributed by atoms with Gasteiger partial charge >= 0.3 is 0 Å². The number of amides is 1. The highest BCUT2D eigenvalue weighted by atomic mass is 16.1. The molecule has 0 saturated heterocycles. The highest BCUT2D eigenvalue weighted by Crippen LogP contribution is 2.30. The average Bonchev–Trinajstić information content (AvgIpc) is 3.00. The Bertz CT molecular complexity index is 794. The van der Waals surface area contributed by atoms with Gasteiger partial charge in [0.05, 0.1) is 6.04 Å². The maximum atomic E-state index is 11.3. The Kier molecular flexibility index (Phi) is 4.44. The third kappa shape index (κ3) is 3.27. The van der Waals surface area contributed by atoms with E-state index in [1.807, 2.05) is 30.3 Å². The predicted molar refractivity (Wildman–Crippen MR) is 93.2 cm³/mol. The summed E-state index contributed by atoms with van der Waals surface area (Å²) >= 11 is 0. The molecule has 4 nitrogen and oxygen atoms in total. The van der Waals surface area contributed by atoms with Crippen LogP contribution in [0.25, 0.3) is 10.9 Å². The summed E-state index contributed by atoms with van der Waals surface area (Å²) in [5, 5.41) is 4.45. The van der Waals surface area contributed by atoms with Crippen LogP contribution in [0.2, 0.25) is 0 Å². The Morgan fingerprint density at radius 3 is 2.57 bits per heavy atom. The lowest BCUT2D eigenvalue weighted by Crippen LogP contribution is -2.40. The van der Waals surface area contributed by atoms with E-state index in [9.17, 15) is 4.79 Å². The van der Waals surface area contributed by atoms with Crippen LogP contribution in [0.4, 0.5) is 0 Å². The van der Waals surface area contributed by atoms with Crippen molar-refractivity contribution in [1.82, 2.24) is 10.3 Å². The Labute approximate surface area is 135 Å². The smallest absolute Gasteiger partial charge is 0.234 e. The topological polar surface area (TPSA) is 70.9 Å². The average molecular weight is 307 g/mol. The Hall–Kier alpha value is -2.59. The van der Waals surface area contributed by atoms with Crippen molar-refractivity contribution in [3.8, 4) is 0 Å². The largest absolute Gasteiger partial charge is 0.368 e. The van der Waals surface area contributed by atoms with Gasteiger partial charge in [0.1, 0.15) is 0 Å². The molecule has 0 fully saturated rings. The molecule has 2 aromatic carbocycles. The number of primary amides is 1. The van der Waals surface area contributed by atoms with E-state index in [2.05, 4.69) is 40.8 Å². The van der Waals surface area contributed by atoms with Crippen molar-refractivity contribution < 1.29 is 4.79 Å². The highest BCUT2D eigenvalue weighted by molar-refractivity contribution is 5.84. The second-order valence-corrected chi connectivity index (χ2v) is 5.79. The van der Waals surface area contributed by atoms with E-state index in [1.54, 1.807) is 6.92 Å². The summed E-state index contributed by atoms with van der Waals surface area (Å²) in [4.78, 5) is 14.6. The summed E-state index contributed by atoms with van der Waals surface area (Å²) in [5.41, 5.74) is 8.91. The summed E-state index contributed by atoms with van der Waals surface area (Å²) in [6.07, 6.45) is 2.05. The van der Waals surface area contributed by atoms with E-state index in [0.29, 0.717) is 6.54 Å². The minimum Gasteiger partial charge on any atom is -0.368 e. The second-order valence-electron chi connectivity index (χ2n) is 5.79. The number of fused-ring (bicyclic) bond motifs is 1. The first-order valence-electron chi connectivity index (χ1n) is 7.80. The minimum absolute atomic E-state index is 0.147. The van der Waals surface area contributed by atoms with Crippen LogP contribution in [0, 0.1) is 0 Å². The standard InChI is InChI=1S/C19H21N3O/c1-13(19(20)23)21-11-16(14-7-3-2-4-8-14)17-12-22-18-10-6-5-9-15(17)18/h2-10,12-13,16,21-22H,11H2,1H3,(H2,20,23)/t13-,16+/m0/s1. The van der Waals surface area contributed by atoms with Crippen LogP contribution in [-0.2, 0) is 4.79 Å². The van der Waals surface area contributed by atoms with Gasteiger partial charge in [-0.1, -0.05) is 48.5 Å². The number of nitrogens with two attached hydrogens (primary N) is 1. The molecule has 2 atom stereocenters. The van der Waals surface area contributed by atoms with Gasteiger partial charge in [0, 0.05) is 29.6 Å². The van der Waals surface area contributed by atoms with Crippen LogP contribution in [0.3, 0.4) is 0 Å². The van der Waals surface area contributed by atoms with Crippen molar-refractivity contribution >= 4 is 16.8 Å². The first-order valence-corrected chi connectivity index (χ1v) is 7.80. The van der Waals surface area contributed by atoms with Crippen molar-refractivity contribution in [2.75, 3.05) is 6.54 Å². The minimum atomic E-state index is -0.355. The van der Waals surface area contributed by atoms with E-state index < -0.39 is 0 Å². The fourth-order valence-electron chi connectivity index (χ4n) is 2.87. The van der Waals surface area contributed by atoms with Gasteiger partial charge in [0.25, 0.3) is 0 Å². The summed E-state index contributed by atoms with van der Waals surface area (Å²) in [6.45, 7) is 2.44. The lowest BCUT2D eigenvalue weighted by atomic mass is 9.90. The number of nitrogens with one attached hydrogen (secondary N) is 2. The number of carbonyl (C=O) groups excluding carboxylic acids is 1. The zero-order valence-electron chi connectivity index (χ0n) is 13.1. The molecule has 0 unspecified atom stereocenters. The Morgan fingerprint density at radius 1 is 1.13 bits per heavy atom. The normalized spacial score (nSPS) is 13.8. The van der Waals surface area contributed by atoms with E-state index in [-0.39, 0.29) is 17.9 Å².